The highest BCUT2D eigenvalue weighted by molar-refractivity contribution is 6.42. The first-order chi connectivity index (χ1) is 15.5. The van der Waals surface area contributed by atoms with Crippen LogP contribution in [0, 0.1) is 6.92 Å². The first kappa shape index (κ1) is 23.3. The predicted molar refractivity (Wildman–Crippen MR) is 130 cm³/mol. The van der Waals surface area contributed by atoms with Crippen LogP contribution >= 0.6 is 23.2 Å². The van der Waals surface area contributed by atoms with Gasteiger partial charge in [0.1, 0.15) is 17.8 Å². The summed E-state index contributed by atoms with van der Waals surface area (Å²) in [6.07, 6.45) is 8.84. The molecule has 1 amide bonds. The topological polar surface area (TPSA) is 61.4 Å². The predicted octanol–water partition coefficient (Wildman–Crippen LogP) is 5.18. The van der Waals surface area contributed by atoms with Crippen LogP contribution in [0.3, 0.4) is 0 Å². The van der Waals surface area contributed by atoms with E-state index >= 15 is 0 Å². The summed E-state index contributed by atoms with van der Waals surface area (Å²) < 4.78 is 0. The highest BCUT2D eigenvalue weighted by Gasteiger charge is 2.29. The van der Waals surface area contributed by atoms with Crippen molar-refractivity contribution in [3.8, 4) is 0 Å². The van der Waals surface area contributed by atoms with Crippen molar-refractivity contribution in [1.82, 2.24) is 19.8 Å². The number of benzene rings is 1. The number of hydrogen-bond acceptors (Lipinski definition) is 5. The van der Waals surface area contributed by atoms with Gasteiger partial charge in [-0.25, -0.2) is 9.97 Å². The Morgan fingerprint density at radius 1 is 1.03 bits per heavy atom. The van der Waals surface area contributed by atoms with E-state index in [1.807, 2.05) is 24.0 Å². The Morgan fingerprint density at radius 3 is 2.44 bits per heavy atom. The van der Waals surface area contributed by atoms with E-state index < -0.39 is 0 Å². The number of rotatable bonds is 5. The van der Waals surface area contributed by atoms with Crippen molar-refractivity contribution >= 4 is 34.9 Å². The normalized spacial score (nSPS) is 18.4. The molecule has 0 radical (unpaired) electrons. The lowest BCUT2D eigenvalue weighted by Crippen LogP contribution is -2.47. The molecule has 0 spiro atoms. The Bertz CT molecular complexity index is 938. The average Bonchev–Trinajstić information content (AvgIpc) is 3.10. The number of aromatic nitrogens is 2. The fraction of sp³-hybridized carbons (Fsp3) is 0.542. The van der Waals surface area contributed by atoms with Crippen LogP contribution in [0.4, 0.5) is 5.82 Å². The molecule has 3 heterocycles. The zero-order chi connectivity index (χ0) is 22.5. The number of halogens is 2. The summed E-state index contributed by atoms with van der Waals surface area (Å²) in [7, 11) is 0. The molecule has 172 valence electrons. The lowest BCUT2D eigenvalue weighted by Gasteiger charge is -2.38. The molecule has 0 atom stereocenters. The summed E-state index contributed by atoms with van der Waals surface area (Å²) >= 11 is 12.1. The van der Waals surface area contributed by atoms with E-state index in [0.717, 1.165) is 37.1 Å². The first-order valence-electron chi connectivity index (χ1n) is 11.6. The second kappa shape index (κ2) is 10.8. The van der Waals surface area contributed by atoms with E-state index in [0.29, 0.717) is 34.1 Å². The molecule has 32 heavy (non-hydrogen) atoms. The van der Waals surface area contributed by atoms with Gasteiger partial charge in [0.05, 0.1) is 10.0 Å². The SMILES string of the molecule is Cc1c(NCc2ccc(Cl)c(Cl)c2)ncnc1C(=O)N1CCC(N2CCCCCC2)CC1. The molecule has 8 heteroatoms. The van der Waals surface area contributed by atoms with Gasteiger partial charge in [-0.1, -0.05) is 42.1 Å². The molecule has 4 rings (SSSR count). The van der Waals surface area contributed by atoms with Gasteiger partial charge in [0, 0.05) is 31.2 Å². The Balaban J connectivity index is 1.37. The van der Waals surface area contributed by atoms with Crippen LogP contribution in [0.2, 0.25) is 10.0 Å². The van der Waals surface area contributed by atoms with E-state index in [1.165, 1.54) is 45.1 Å². The minimum absolute atomic E-state index is 0.00296. The Labute approximate surface area is 200 Å². The third kappa shape index (κ3) is 5.53. The summed E-state index contributed by atoms with van der Waals surface area (Å²) in [6.45, 7) is 6.41. The minimum Gasteiger partial charge on any atom is -0.366 e. The van der Waals surface area contributed by atoms with Gasteiger partial charge in [-0.05, 0) is 63.4 Å². The summed E-state index contributed by atoms with van der Waals surface area (Å²) in [5.41, 5.74) is 2.23. The maximum absolute atomic E-state index is 13.2. The van der Waals surface area contributed by atoms with Crippen molar-refractivity contribution < 1.29 is 4.79 Å². The molecule has 2 aliphatic heterocycles. The summed E-state index contributed by atoms with van der Waals surface area (Å²) in [5.74, 6) is 0.658. The van der Waals surface area contributed by atoms with Crippen LogP contribution < -0.4 is 5.32 Å². The van der Waals surface area contributed by atoms with Gasteiger partial charge < -0.3 is 15.1 Å². The molecule has 0 unspecified atom stereocenters. The summed E-state index contributed by atoms with van der Waals surface area (Å²) in [4.78, 5) is 26.5. The van der Waals surface area contributed by atoms with Crippen LogP contribution in [0.25, 0.3) is 0 Å². The van der Waals surface area contributed by atoms with Gasteiger partial charge in [0.25, 0.3) is 5.91 Å². The van der Waals surface area contributed by atoms with Gasteiger partial charge in [-0.3, -0.25) is 4.79 Å². The Hall–Kier alpha value is -1.89. The molecule has 2 saturated heterocycles. The van der Waals surface area contributed by atoms with E-state index in [9.17, 15) is 4.79 Å². The first-order valence-corrected chi connectivity index (χ1v) is 12.3. The third-order valence-electron chi connectivity index (χ3n) is 6.64. The van der Waals surface area contributed by atoms with Crippen LogP contribution in [0.1, 0.15) is 60.1 Å². The second-order valence-corrected chi connectivity index (χ2v) is 9.59. The summed E-state index contributed by atoms with van der Waals surface area (Å²) in [6, 6.07) is 6.12. The molecular weight excluding hydrogens is 445 g/mol. The molecule has 0 saturated carbocycles. The molecule has 2 fully saturated rings. The lowest BCUT2D eigenvalue weighted by atomic mass is 10.0. The number of nitrogens with one attached hydrogen (secondary N) is 1. The number of carbonyl (C=O) groups excluding carboxylic acids is 1. The zero-order valence-corrected chi connectivity index (χ0v) is 20.1. The Kier molecular flexibility index (Phi) is 7.87. The van der Waals surface area contributed by atoms with Gasteiger partial charge in [-0.15, -0.1) is 0 Å². The molecule has 0 aliphatic carbocycles. The highest BCUT2D eigenvalue weighted by Crippen LogP contribution is 2.25. The van der Waals surface area contributed by atoms with Crippen molar-refractivity contribution in [2.75, 3.05) is 31.5 Å². The van der Waals surface area contributed by atoms with E-state index in [-0.39, 0.29) is 5.91 Å². The zero-order valence-electron chi connectivity index (χ0n) is 18.6. The fourth-order valence-corrected chi connectivity index (χ4v) is 5.04. The number of carbonyl (C=O) groups is 1. The molecule has 0 bridgehead atoms. The minimum atomic E-state index is -0.00296. The van der Waals surface area contributed by atoms with E-state index in [1.54, 1.807) is 6.07 Å². The van der Waals surface area contributed by atoms with Gasteiger partial charge in [-0.2, -0.15) is 0 Å². The smallest absolute Gasteiger partial charge is 0.272 e. The van der Waals surface area contributed by atoms with Crippen LogP contribution in [-0.2, 0) is 6.54 Å². The van der Waals surface area contributed by atoms with E-state index in [2.05, 4.69) is 20.2 Å². The van der Waals surface area contributed by atoms with Crippen molar-refractivity contribution in [2.24, 2.45) is 0 Å². The molecule has 2 aliphatic rings. The molecule has 6 nitrogen and oxygen atoms in total. The van der Waals surface area contributed by atoms with Crippen LogP contribution in [0.15, 0.2) is 24.5 Å². The van der Waals surface area contributed by atoms with Crippen LogP contribution in [0.5, 0.6) is 0 Å². The average molecular weight is 476 g/mol. The van der Waals surface area contributed by atoms with Gasteiger partial charge >= 0.3 is 0 Å². The second-order valence-electron chi connectivity index (χ2n) is 8.77. The molecule has 1 aromatic heterocycles. The fourth-order valence-electron chi connectivity index (χ4n) is 4.72. The Morgan fingerprint density at radius 2 is 1.75 bits per heavy atom. The summed E-state index contributed by atoms with van der Waals surface area (Å²) in [5, 5.41) is 4.35. The van der Waals surface area contributed by atoms with E-state index in [4.69, 9.17) is 23.2 Å². The molecule has 1 N–H and O–H groups in total. The monoisotopic (exact) mass is 475 g/mol. The van der Waals surface area contributed by atoms with Crippen molar-refractivity contribution in [3.63, 3.8) is 0 Å². The number of likely N-dealkylation sites (tertiary alicyclic amines) is 2. The van der Waals surface area contributed by atoms with Gasteiger partial charge in [0.2, 0.25) is 0 Å². The number of piperidine rings is 1. The van der Waals surface area contributed by atoms with Crippen LogP contribution in [-0.4, -0.2) is 57.9 Å². The lowest BCUT2D eigenvalue weighted by molar-refractivity contribution is 0.0616. The maximum atomic E-state index is 13.2. The molecule has 2 aromatic rings. The van der Waals surface area contributed by atoms with Gasteiger partial charge in [0.15, 0.2) is 0 Å². The highest BCUT2D eigenvalue weighted by atomic mass is 35.5. The quantitative estimate of drug-likeness (QED) is 0.644. The maximum Gasteiger partial charge on any atom is 0.272 e. The molecular formula is C24H31Cl2N5O. The number of amides is 1. The third-order valence-corrected chi connectivity index (χ3v) is 7.38. The van der Waals surface area contributed by atoms with Crippen molar-refractivity contribution in [2.45, 2.75) is 58.0 Å². The molecule has 1 aromatic carbocycles. The van der Waals surface area contributed by atoms with Crippen molar-refractivity contribution in [1.29, 1.82) is 0 Å². The number of nitrogens with zero attached hydrogens (tertiary/aromatic N) is 4. The standard InChI is InChI=1S/C24H31Cl2N5O/c1-17-22(28-16-29-23(17)27-15-18-6-7-20(25)21(26)14-18)24(32)31-12-8-19(9-13-31)30-10-4-2-3-5-11-30/h6-7,14,16,19H,2-5,8-13,15H2,1H3,(H,27,28,29). The number of hydrogen-bond donors (Lipinski definition) is 1. The number of anilines is 1. The largest absolute Gasteiger partial charge is 0.366 e. The van der Waals surface area contributed by atoms with Crippen molar-refractivity contribution in [3.05, 3.63) is 51.4 Å².